The number of carbonyl (C=O) groups is 1. The molecule has 22 heavy (non-hydrogen) atoms. The lowest BCUT2D eigenvalue weighted by molar-refractivity contribution is -0.114. The van der Waals surface area contributed by atoms with Crippen molar-refractivity contribution in [1.82, 2.24) is 4.98 Å². The number of hydrogen-bond acceptors (Lipinski definition) is 6. The van der Waals surface area contributed by atoms with Crippen LogP contribution < -0.4 is 15.4 Å². The molecule has 9 heteroatoms. The Kier molecular flexibility index (Phi) is 4.50. The minimum Gasteiger partial charge on any atom is -0.354 e. The van der Waals surface area contributed by atoms with Gasteiger partial charge in [0.05, 0.1) is 10.6 Å². The minimum absolute atomic E-state index is 0.0747. The molecule has 0 aliphatic carbocycles. The molecule has 0 radical (unpaired) electrons. The van der Waals surface area contributed by atoms with E-state index in [0.29, 0.717) is 16.9 Å². The molecule has 0 aliphatic rings. The molecule has 1 amide bonds. The number of carbonyl (C=O) groups excluding carboxylic acids is 1. The fourth-order valence-electron chi connectivity index (χ4n) is 1.84. The average Bonchev–Trinajstić information content (AvgIpc) is 2.86. The minimum atomic E-state index is -3.95. The third kappa shape index (κ3) is 3.62. The smallest absolute Gasteiger partial charge is 0.238 e. The standard InChI is InChI=1S/C13H16N4O3S2/c1-8(18)15-9-4-5-10(12(6-9)22(14,19)20)11-7-21-13(16-11)17(2)3/h4-7H,1-3H3,(H,15,18)(H2,14,19,20). The van der Waals surface area contributed by atoms with Crippen molar-refractivity contribution in [3.8, 4) is 11.3 Å². The molecular weight excluding hydrogens is 324 g/mol. The summed E-state index contributed by atoms with van der Waals surface area (Å²) in [6.07, 6.45) is 0. The van der Waals surface area contributed by atoms with E-state index in [1.165, 1.54) is 24.3 Å². The second-order valence-electron chi connectivity index (χ2n) is 4.85. The maximum absolute atomic E-state index is 11.8. The van der Waals surface area contributed by atoms with Crippen LogP contribution in [0.4, 0.5) is 10.8 Å². The van der Waals surface area contributed by atoms with Gasteiger partial charge in [-0.25, -0.2) is 18.5 Å². The molecule has 0 unspecified atom stereocenters. The summed E-state index contributed by atoms with van der Waals surface area (Å²) in [4.78, 5) is 17.2. The second kappa shape index (κ2) is 6.03. The first kappa shape index (κ1) is 16.4. The molecule has 0 aliphatic heterocycles. The highest BCUT2D eigenvalue weighted by Crippen LogP contribution is 2.32. The number of amides is 1. The molecule has 0 spiro atoms. The first-order valence-corrected chi connectivity index (χ1v) is 8.69. The zero-order valence-electron chi connectivity index (χ0n) is 12.3. The van der Waals surface area contributed by atoms with Crippen LogP contribution in [0.2, 0.25) is 0 Å². The molecule has 2 rings (SSSR count). The third-order valence-electron chi connectivity index (χ3n) is 2.76. The van der Waals surface area contributed by atoms with Crippen LogP contribution in [0.5, 0.6) is 0 Å². The average molecular weight is 340 g/mol. The predicted molar refractivity (Wildman–Crippen MR) is 87.6 cm³/mol. The molecule has 0 bridgehead atoms. The Balaban J connectivity index is 2.57. The van der Waals surface area contributed by atoms with Crippen molar-refractivity contribution in [3.05, 3.63) is 23.6 Å². The first-order chi connectivity index (χ1) is 10.2. The SMILES string of the molecule is CC(=O)Nc1ccc(-c2csc(N(C)C)n2)c(S(N)(=O)=O)c1. The number of nitrogens with one attached hydrogen (secondary N) is 1. The Labute approximate surface area is 132 Å². The Morgan fingerprint density at radius 1 is 1.36 bits per heavy atom. The highest BCUT2D eigenvalue weighted by atomic mass is 32.2. The van der Waals surface area contributed by atoms with Crippen molar-refractivity contribution in [3.63, 3.8) is 0 Å². The van der Waals surface area contributed by atoms with Gasteiger partial charge in [0, 0.05) is 37.6 Å². The summed E-state index contributed by atoms with van der Waals surface area (Å²) in [6.45, 7) is 1.34. The Hall–Kier alpha value is -1.97. The Bertz CT molecular complexity index is 812. The van der Waals surface area contributed by atoms with Crippen molar-refractivity contribution < 1.29 is 13.2 Å². The van der Waals surface area contributed by atoms with Crippen LogP contribution in [0.3, 0.4) is 0 Å². The van der Waals surface area contributed by atoms with Gasteiger partial charge in [0.15, 0.2) is 5.13 Å². The molecule has 1 aromatic heterocycles. The zero-order valence-corrected chi connectivity index (χ0v) is 14.0. The topological polar surface area (TPSA) is 105 Å². The maximum atomic E-state index is 11.8. The second-order valence-corrected chi connectivity index (χ2v) is 7.21. The Morgan fingerprint density at radius 2 is 2.05 bits per heavy atom. The fraction of sp³-hybridized carbons (Fsp3) is 0.231. The number of thiazole rings is 1. The summed E-state index contributed by atoms with van der Waals surface area (Å²) >= 11 is 1.40. The van der Waals surface area contributed by atoms with E-state index in [9.17, 15) is 13.2 Å². The number of rotatable bonds is 4. The van der Waals surface area contributed by atoms with Gasteiger partial charge in [-0.1, -0.05) is 0 Å². The van der Waals surface area contributed by atoms with Gasteiger partial charge in [-0.05, 0) is 18.2 Å². The van der Waals surface area contributed by atoms with Gasteiger partial charge in [0.2, 0.25) is 15.9 Å². The summed E-state index contributed by atoms with van der Waals surface area (Å²) in [6, 6.07) is 4.53. The van der Waals surface area contributed by atoms with E-state index in [1.54, 1.807) is 17.5 Å². The van der Waals surface area contributed by atoms with E-state index in [-0.39, 0.29) is 10.8 Å². The number of benzene rings is 1. The van der Waals surface area contributed by atoms with Crippen molar-refractivity contribution in [2.45, 2.75) is 11.8 Å². The van der Waals surface area contributed by atoms with E-state index < -0.39 is 10.0 Å². The molecule has 1 aromatic carbocycles. The van der Waals surface area contributed by atoms with Crippen molar-refractivity contribution in [2.24, 2.45) is 5.14 Å². The van der Waals surface area contributed by atoms with Crippen LogP contribution in [-0.2, 0) is 14.8 Å². The van der Waals surface area contributed by atoms with Gasteiger partial charge < -0.3 is 10.2 Å². The van der Waals surface area contributed by atoms with Crippen LogP contribution in [-0.4, -0.2) is 33.4 Å². The van der Waals surface area contributed by atoms with E-state index in [1.807, 2.05) is 19.0 Å². The van der Waals surface area contributed by atoms with Gasteiger partial charge in [0.25, 0.3) is 0 Å². The number of primary sulfonamides is 1. The summed E-state index contributed by atoms with van der Waals surface area (Å²) in [5, 5.41) is 10.3. The lowest BCUT2D eigenvalue weighted by atomic mass is 10.1. The van der Waals surface area contributed by atoms with Gasteiger partial charge in [-0.3, -0.25) is 4.79 Å². The van der Waals surface area contributed by atoms with Gasteiger partial charge >= 0.3 is 0 Å². The quantitative estimate of drug-likeness (QED) is 0.877. The number of hydrogen-bond donors (Lipinski definition) is 2. The van der Waals surface area contributed by atoms with E-state index in [0.717, 1.165) is 5.13 Å². The number of nitrogens with zero attached hydrogens (tertiary/aromatic N) is 2. The van der Waals surface area contributed by atoms with Crippen LogP contribution in [0.1, 0.15) is 6.92 Å². The number of sulfonamides is 1. The van der Waals surface area contributed by atoms with Gasteiger partial charge in [0.1, 0.15) is 0 Å². The van der Waals surface area contributed by atoms with Crippen molar-refractivity contribution in [2.75, 3.05) is 24.3 Å². The molecule has 3 N–H and O–H groups in total. The summed E-state index contributed by atoms with van der Waals surface area (Å²) < 4.78 is 23.7. The molecule has 0 saturated carbocycles. The third-order valence-corrected chi connectivity index (χ3v) is 4.72. The molecule has 7 nitrogen and oxygen atoms in total. The van der Waals surface area contributed by atoms with Gasteiger partial charge in [-0.15, -0.1) is 11.3 Å². The molecule has 0 fully saturated rings. The van der Waals surface area contributed by atoms with Crippen molar-refractivity contribution in [1.29, 1.82) is 0 Å². The predicted octanol–water partition coefficient (Wildman–Crippen LogP) is 1.48. The van der Waals surface area contributed by atoms with Crippen LogP contribution in [0.25, 0.3) is 11.3 Å². The van der Waals surface area contributed by atoms with E-state index >= 15 is 0 Å². The molecule has 0 atom stereocenters. The molecule has 1 heterocycles. The summed E-state index contributed by atoms with van der Waals surface area (Å²) in [5.41, 5.74) is 1.29. The van der Waals surface area contributed by atoms with Gasteiger partial charge in [-0.2, -0.15) is 0 Å². The highest BCUT2D eigenvalue weighted by Gasteiger charge is 2.19. The normalized spacial score (nSPS) is 11.3. The van der Waals surface area contributed by atoms with E-state index in [4.69, 9.17) is 5.14 Å². The van der Waals surface area contributed by atoms with Crippen LogP contribution in [0, 0.1) is 0 Å². The monoisotopic (exact) mass is 340 g/mol. The van der Waals surface area contributed by atoms with Crippen molar-refractivity contribution >= 4 is 38.1 Å². The lowest BCUT2D eigenvalue weighted by Crippen LogP contribution is -2.15. The molecule has 0 saturated heterocycles. The van der Waals surface area contributed by atoms with Crippen LogP contribution >= 0.6 is 11.3 Å². The lowest BCUT2D eigenvalue weighted by Gasteiger charge is -2.09. The molecule has 2 aromatic rings. The zero-order chi connectivity index (χ0) is 16.5. The summed E-state index contributed by atoms with van der Waals surface area (Å²) in [5.74, 6) is -0.295. The number of aromatic nitrogens is 1. The molecular formula is C13H16N4O3S2. The maximum Gasteiger partial charge on any atom is 0.238 e. The Morgan fingerprint density at radius 3 is 2.55 bits per heavy atom. The van der Waals surface area contributed by atoms with E-state index in [2.05, 4.69) is 10.3 Å². The highest BCUT2D eigenvalue weighted by molar-refractivity contribution is 7.89. The first-order valence-electron chi connectivity index (χ1n) is 6.26. The number of nitrogens with two attached hydrogens (primary N) is 1. The molecule has 118 valence electrons. The largest absolute Gasteiger partial charge is 0.354 e. The fourth-order valence-corrected chi connectivity index (χ4v) is 3.37. The number of anilines is 2. The summed E-state index contributed by atoms with van der Waals surface area (Å²) in [7, 11) is -0.251. The van der Waals surface area contributed by atoms with Crippen LogP contribution in [0.15, 0.2) is 28.5 Å².